The Morgan fingerprint density at radius 2 is 1.65 bits per heavy atom. The summed E-state index contributed by atoms with van der Waals surface area (Å²) in [7, 11) is 1.81. The first-order valence-corrected chi connectivity index (χ1v) is 6.50. The molecule has 0 heterocycles. The summed E-state index contributed by atoms with van der Waals surface area (Å²) >= 11 is 0. The quantitative estimate of drug-likeness (QED) is 0.710. The Kier molecular flexibility index (Phi) is 7.28. The number of hydrogen-bond donors (Lipinski definition) is 1. The number of ketones is 2. The molecule has 0 aliphatic carbocycles. The molecule has 0 aliphatic rings. The monoisotopic (exact) mass is 241 g/mol. The van der Waals surface area contributed by atoms with Crippen LogP contribution in [0.4, 0.5) is 0 Å². The Hall–Kier alpha value is -0.700. The second-order valence-corrected chi connectivity index (χ2v) is 5.60. The van der Waals surface area contributed by atoms with Gasteiger partial charge in [0, 0.05) is 12.3 Å². The highest BCUT2D eigenvalue weighted by atomic mass is 16.1. The molecule has 100 valence electrons. The van der Waals surface area contributed by atoms with Crippen LogP contribution < -0.4 is 5.32 Å². The molecule has 0 saturated carbocycles. The molecular weight excluding hydrogens is 214 g/mol. The van der Waals surface area contributed by atoms with Gasteiger partial charge in [-0.15, -0.1) is 0 Å². The maximum atomic E-state index is 12.1. The standard InChI is InChI=1S/C14H27NO2/c1-9(2)7-13(15-6)14(17)8-12(10(3)4)11(5)16/h9-10,12-13,15H,7-8H2,1-6H3. The highest BCUT2D eigenvalue weighted by Gasteiger charge is 2.26. The van der Waals surface area contributed by atoms with E-state index in [2.05, 4.69) is 19.2 Å². The van der Waals surface area contributed by atoms with Gasteiger partial charge in [-0.05, 0) is 32.2 Å². The lowest BCUT2D eigenvalue weighted by Gasteiger charge is -2.22. The van der Waals surface area contributed by atoms with Crippen molar-refractivity contribution in [1.82, 2.24) is 5.32 Å². The van der Waals surface area contributed by atoms with E-state index in [4.69, 9.17) is 0 Å². The zero-order valence-corrected chi connectivity index (χ0v) is 12.0. The van der Waals surface area contributed by atoms with Crippen LogP contribution in [0, 0.1) is 17.8 Å². The molecule has 0 aromatic heterocycles. The zero-order chi connectivity index (χ0) is 13.6. The lowest BCUT2D eigenvalue weighted by Crippen LogP contribution is -2.37. The van der Waals surface area contributed by atoms with Crippen molar-refractivity contribution in [3.63, 3.8) is 0 Å². The van der Waals surface area contributed by atoms with Crippen LogP contribution in [-0.2, 0) is 9.59 Å². The first-order chi connectivity index (χ1) is 7.79. The third kappa shape index (κ3) is 5.97. The minimum absolute atomic E-state index is 0.115. The van der Waals surface area contributed by atoms with Crippen molar-refractivity contribution >= 4 is 11.6 Å². The fourth-order valence-corrected chi connectivity index (χ4v) is 2.09. The van der Waals surface area contributed by atoms with Crippen LogP contribution >= 0.6 is 0 Å². The summed E-state index contributed by atoms with van der Waals surface area (Å²) in [4.78, 5) is 23.6. The maximum Gasteiger partial charge on any atom is 0.150 e. The molecule has 0 radical (unpaired) electrons. The van der Waals surface area contributed by atoms with Crippen molar-refractivity contribution in [1.29, 1.82) is 0 Å². The third-order valence-electron chi connectivity index (χ3n) is 3.19. The van der Waals surface area contributed by atoms with Gasteiger partial charge in [0.1, 0.15) is 11.6 Å². The third-order valence-corrected chi connectivity index (χ3v) is 3.19. The van der Waals surface area contributed by atoms with Crippen LogP contribution in [0.5, 0.6) is 0 Å². The normalized spacial score (nSPS) is 15.1. The summed E-state index contributed by atoms with van der Waals surface area (Å²) in [5, 5.41) is 3.06. The van der Waals surface area contributed by atoms with Gasteiger partial charge in [0.05, 0.1) is 6.04 Å². The Bertz CT molecular complexity index is 259. The summed E-state index contributed by atoms with van der Waals surface area (Å²) in [5.41, 5.74) is 0. The van der Waals surface area contributed by atoms with Crippen molar-refractivity contribution in [2.75, 3.05) is 7.05 Å². The van der Waals surface area contributed by atoms with E-state index >= 15 is 0 Å². The van der Waals surface area contributed by atoms with E-state index in [1.165, 1.54) is 0 Å². The average molecular weight is 241 g/mol. The zero-order valence-electron chi connectivity index (χ0n) is 12.0. The van der Waals surface area contributed by atoms with Crippen molar-refractivity contribution in [3.05, 3.63) is 0 Å². The van der Waals surface area contributed by atoms with Gasteiger partial charge in [-0.3, -0.25) is 9.59 Å². The Labute approximate surface area is 105 Å². The van der Waals surface area contributed by atoms with E-state index in [0.29, 0.717) is 12.3 Å². The first kappa shape index (κ1) is 16.3. The second-order valence-electron chi connectivity index (χ2n) is 5.60. The van der Waals surface area contributed by atoms with Crippen molar-refractivity contribution in [2.45, 2.75) is 53.5 Å². The van der Waals surface area contributed by atoms with Crippen molar-refractivity contribution in [2.24, 2.45) is 17.8 Å². The van der Waals surface area contributed by atoms with Gasteiger partial charge in [-0.2, -0.15) is 0 Å². The van der Waals surface area contributed by atoms with Crippen LogP contribution in [0.25, 0.3) is 0 Å². The molecule has 0 aromatic carbocycles. The molecular formula is C14H27NO2. The molecule has 0 bridgehead atoms. The molecule has 0 aromatic rings. The molecule has 0 rings (SSSR count). The number of likely N-dealkylation sites (N-methyl/N-ethyl adjacent to an activating group) is 1. The number of hydrogen-bond acceptors (Lipinski definition) is 3. The van der Waals surface area contributed by atoms with Gasteiger partial charge in [-0.1, -0.05) is 27.7 Å². The molecule has 0 saturated heterocycles. The van der Waals surface area contributed by atoms with E-state index in [1.54, 1.807) is 6.92 Å². The predicted molar refractivity (Wildman–Crippen MR) is 70.9 cm³/mol. The smallest absolute Gasteiger partial charge is 0.150 e. The van der Waals surface area contributed by atoms with Gasteiger partial charge in [0.25, 0.3) is 0 Å². The van der Waals surface area contributed by atoms with Crippen molar-refractivity contribution in [3.8, 4) is 0 Å². The first-order valence-electron chi connectivity index (χ1n) is 6.50. The van der Waals surface area contributed by atoms with Gasteiger partial charge < -0.3 is 5.32 Å². The molecule has 0 aliphatic heterocycles. The Morgan fingerprint density at radius 3 is 1.94 bits per heavy atom. The van der Waals surface area contributed by atoms with Crippen LogP contribution in [0.15, 0.2) is 0 Å². The molecule has 3 nitrogen and oxygen atoms in total. The molecule has 0 amide bonds. The molecule has 0 spiro atoms. The van der Waals surface area contributed by atoms with Crippen LogP contribution in [0.2, 0.25) is 0 Å². The van der Waals surface area contributed by atoms with Gasteiger partial charge in [-0.25, -0.2) is 0 Å². The van der Waals surface area contributed by atoms with Crippen LogP contribution in [-0.4, -0.2) is 24.7 Å². The summed E-state index contributed by atoms with van der Waals surface area (Å²) in [6, 6.07) is -0.115. The van der Waals surface area contributed by atoms with Gasteiger partial charge >= 0.3 is 0 Å². The fraction of sp³-hybridized carbons (Fsp3) is 0.857. The van der Waals surface area contributed by atoms with Crippen molar-refractivity contribution < 1.29 is 9.59 Å². The predicted octanol–water partition coefficient (Wildman–Crippen LogP) is 2.44. The molecule has 17 heavy (non-hydrogen) atoms. The highest BCUT2D eigenvalue weighted by Crippen LogP contribution is 2.19. The summed E-state index contributed by atoms with van der Waals surface area (Å²) in [6.45, 7) is 9.77. The second kappa shape index (κ2) is 7.59. The van der Waals surface area contributed by atoms with E-state index in [0.717, 1.165) is 6.42 Å². The number of carbonyl (C=O) groups excluding carboxylic acids is 2. The van der Waals surface area contributed by atoms with Crippen LogP contribution in [0.1, 0.15) is 47.5 Å². The fourth-order valence-electron chi connectivity index (χ4n) is 2.09. The Morgan fingerprint density at radius 1 is 1.12 bits per heavy atom. The number of Topliss-reactive ketones (excluding diaryl/α,β-unsaturated/α-hetero) is 2. The summed E-state index contributed by atoms with van der Waals surface area (Å²) in [6.07, 6.45) is 1.20. The van der Waals surface area contributed by atoms with E-state index in [1.807, 2.05) is 20.9 Å². The van der Waals surface area contributed by atoms with E-state index in [9.17, 15) is 9.59 Å². The van der Waals surface area contributed by atoms with Gasteiger partial charge in [0.2, 0.25) is 0 Å². The SMILES string of the molecule is CNC(CC(C)C)C(=O)CC(C(C)=O)C(C)C. The molecule has 1 N–H and O–H groups in total. The largest absolute Gasteiger partial charge is 0.311 e. The number of nitrogens with one attached hydrogen (secondary N) is 1. The van der Waals surface area contributed by atoms with Gasteiger partial charge in [0.15, 0.2) is 0 Å². The molecule has 3 heteroatoms. The minimum Gasteiger partial charge on any atom is -0.311 e. The number of rotatable bonds is 8. The van der Waals surface area contributed by atoms with E-state index in [-0.39, 0.29) is 29.4 Å². The lowest BCUT2D eigenvalue weighted by atomic mass is 9.85. The molecule has 2 unspecified atom stereocenters. The van der Waals surface area contributed by atoms with E-state index < -0.39 is 0 Å². The summed E-state index contributed by atoms with van der Waals surface area (Å²) in [5.74, 6) is 0.854. The lowest BCUT2D eigenvalue weighted by molar-refractivity contribution is -0.129. The number of carbonyl (C=O) groups is 2. The molecule has 2 atom stereocenters. The average Bonchev–Trinajstić information content (AvgIpc) is 2.20. The maximum absolute atomic E-state index is 12.1. The minimum atomic E-state index is -0.134. The highest BCUT2D eigenvalue weighted by molar-refractivity contribution is 5.89. The van der Waals surface area contributed by atoms with Crippen LogP contribution in [0.3, 0.4) is 0 Å². The Balaban J connectivity index is 4.52. The summed E-state index contributed by atoms with van der Waals surface area (Å²) < 4.78 is 0. The topological polar surface area (TPSA) is 46.2 Å². The molecule has 0 fully saturated rings.